The van der Waals surface area contributed by atoms with Crippen molar-refractivity contribution in [3.8, 4) is 0 Å². The summed E-state index contributed by atoms with van der Waals surface area (Å²) in [5.41, 5.74) is 0.712. The van der Waals surface area contributed by atoms with E-state index in [9.17, 15) is 19.5 Å². The molecule has 0 aliphatic rings. The van der Waals surface area contributed by atoms with Gasteiger partial charge in [0.1, 0.15) is 0 Å². The molecule has 0 bridgehead atoms. The molecule has 0 fully saturated rings. The molecule has 0 radical (unpaired) electrons. The van der Waals surface area contributed by atoms with Gasteiger partial charge in [-0.1, -0.05) is 42.5 Å². The number of hydrogen-bond acceptors (Lipinski definition) is 4. The predicted molar refractivity (Wildman–Crippen MR) is 89.2 cm³/mol. The van der Waals surface area contributed by atoms with Crippen molar-refractivity contribution < 1.29 is 24.6 Å². The van der Waals surface area contributed by atoms with Crippen molar-refractivity contribution in [2.45, 2.75) is 32.9 Å². The number of carboxylic acids is 1. The van der Waals surface area contributed by atoms with Crippen molar-refractivity contribution in [1.82, 2.24) is 5.32 Å². The molecule has 0 saturated carbocycles. The van der Waals surface area contributed by atoms with Crippen LogP contribution < -0.4 is 5.32 Å². The fraction of sp³-hybridized carbons (Fsp3) is 0.278. The fourth-order valence-electron chi connectivity index (χ4n) is 2.08. The molecule has 0 aliphatic carbocycles. The number of amides is 1. The van der Waals surface area contributed by atoms with Gasteiger partial charge in [-0.3, -0.25) is 9.59 Å². The molecule has 128 valence electrons. The molecule has 24 heavy (non-hydrogen) atoms. The highest BCUT2D eigenvalue weighted by Crippen LogP contribution is 2.18. The van der Waals surface area contributed by atoms with Crippen LogP contribution in [-0.2, 0) is 14.4 Å². The molecule has 3 N–H and O–H groups in total. The first kappa shape index (κ1) is 19.3. The molecule has 1 amide bonds. The number of aliphatic carboxylic acids is 1. The van der Waals surface area contributed by atoms with Gasteiger partial charge in [0.05, 0.1) is 11.6 Å². The lowest BCUT2D eigenvalue weighted by Gasteiger charge is -2.22. The van der Waals surface area contributed by atoms with E-state index < -0.39 is 29.8 Å². The number of allylic oxidation sites excluding steroid dienone is 3. The number of nitrogens with one attached hydrogen (secondary N) is 1. The fourth-order valence-corrected chi connectivity index (χ4v) is 2.08. The van der Waals surface area contributed by atoms with Gasteiger partial charge in [0, 0.05) is 0 Å². The summed E-state index contributed by atoms with van der Waals surface area (Å²) in [6.07, 6.45) is 1.10. The molecule has 1 aromatic carbocycles. The predicted octanol–water partition coefficient (Wildman–Crippen LogP) is 1.77. The molecular formula is C18H21NO5. The third kappa shape index (κ3) is 4.63. The monoisotopic (exact) mass is 331 g/mol. The first-order valence-electron chi connectivity index (χ1n) is 7.44. The normalized spacial score (nSPS) is 14.7. The average Bonchev–Trinajstić information content (AvgIpc) is 2.59. The summed E-state index contributed by atoms with van der Waals surface area (Å²) in [6, 6.07) is 7.05. The summed E-state index contributed by atoms with van der Waals surface area (Å²) >= 11 is 0. The van der Waals surface area contributed by atoms with E-state index in [2.05, 4.69) is 5.32 Å². The van der Waals surface area contributed by atoms with Crippen LogP contribution >= 0.6 is 0 Å². The quantitative estimate of drug-likeness (QED) is 0.401. The number of carbonyl (C=O) groups is 3. The summed E-state index contributed by atoms with van der Waals surface area (Å²) in [4.78, 5) is 35.7. The molecule has 2 atom stereocenters. The molecule has 1 aromatic rings. The molecule has 6 heteroatoms. The van der Waals surface area contributed by atoms with E-state index in [0.29, 0.717) is 11.1 Å². The molecule has 1 rings (SSSR count). The lowest BCUT2D eigenvalue weighted by molar-refractivity contribution is -0.148. The van der Waals surface area contributed by atoms with Gasteiger partial charge in [-0.05, 0) is 31.9 Å². The van der Waals surface area contributed by atoms with Gasteiger partial charge in [0.25, 0.3) is 5.91 Å². The molecule has 0 unspecified atom stereocenters. The number of carboxylic acid groups (broad SMARTS) is 1. The van der Waals surface area contributed by atoms with Gasteiger partial charge >= 0.3 is 5.97 Å². The Bertz CT molecular complexity index is 676. The first-order valence-corrected chi connectivity index (χ1v) is 7.44. The van der Waals surface area contributed by atoms with Crippen LogP contribution in [0, 0.1) is 0 Å². The Morgan fingerprint density at radius 3 is 2.12 bits per heavy atom. The minimum absolute atomic E-state index is 0.107. The number of benzene rings is 1. The van der Waals surface area contributed by atoms with Gasteiger partial charge < -0.3 is 15.5 Å². The highest BCUT2D eigenvalue weighted by atomic mass is 16.4. The van der Waals surface area contributed by atoms with Crippen LogP contribution in [0.2, 0.25) is 0 Å². The maximum absolute atomic E-state index is 12.4. The zero-order valence-corrected chi connectivity index (χ0v) is 13.8. The molecule has 0 aliphatic heterocycles. The number of hydrogen-bond donors (Lipinski definition) is 3. The van der Waals surface area contributed by atoms with Crippen LogP contribution in [0.4, 0.5) is 0 Å². The zero-order chi connectivity index (χ0) is 18.3. The SMILES string of the molecule is CC=C(C)C(=O)C(=CC)C(=O)N[C@@H](c1ccccc1)[C@@H](O)C(=O)O. The lowest BCUT2D eigenvalue weighted by atomic mass is 9.99. The van der Waals surface area contributed by atoms with Crippen LogP contribution in [0.1, 0.15) is 32.4 Å². The standard InChI is InChI=1S/C18H21NO5/c1-4-11(3)15(20)13(5-2)17(22)19-14(16(21)18(23)24)12-9-7-6-8-10-12/h4-10,14,16,21H,1-3H3,(H,19,22)(H,23,24)/t14-,16+/m0/s1. The van der Waals surface area contributed by atoms with E-state index in [4.69, 9.17) is 5.11 Å². The molecule has 0 heterocycles. The van der Waals surface area contributed by atoms with Gasteiger partial charge in [-0.15, -0.1) is 0 Å². The van der Waals surface area contributed by atoms with Crippen LogP contribution in [0.25, 0.3) is 0 Å². The molecule has 0 spiro atoms. The van der Waals surface area contributed by atoms with Crippen LogP contribution in [-0.4, -0.2) is 34.0 Å². The zero-order valence-electron chi connectivity index (χ0n) is 13.8. The molecule has 0 aromatic heterocycles. The van der Waals surface area contributed by atoms with Crippen molar-refractivity contribution >= 4 is 17.7 Å². The second-order valence-corrected chi connectivity index (χ2v) is 5.15. The second kappa shape index (κ2) is 8.79. The summed E-state index contributed by atoms with van der Waals surface area (Å²) in [6.45, 7) is 4.81. The highest BCUT2D eigenvalue weighted by Gasteiger charge is 2.30. The van der Waals surface area contributed by atoms with Crippen LogP contribution in [0.5, 0.6) is 0 Å². The number of rotatable bonds is 7. The smallest absolute Gasteiger partial charge is 0.335 e. The lowest BCUT2D eigenvalue weighted by Crippen LogP contribution is -2.41. The maximum Gasteiger partial charge on any atom is 0.335 e. The van der Waals surface area contributed by atoms with E-state index in [1.807, 2.05) is 0 Å². The van der Waals surface area contributed by atoms with Gasteiger partial charge in [0.2, 0.25) is 0 Å². The summed E-state index contributed by atoms with van der Waals surface area (Å²) in [5.74, 6) is -2.66. The number of aliphatic hydroxyl groups excluding tert-OH is 1. The Labute approximate surface area is 140 Å². The third-order valence-electron chi connectivity index (χ3n) is 3.58. The van der Waals surface area contributed by atoms with Gasteiger partial charge in [-0.25, -0.2) is 4.79 Å². The number of Topliss-reactive ketones (excluding diaryl/α,β-unsaturated/α-hetero) is 1. The Morgan fingerprint density at radius 1 is 1.08 bits per heavy atom. The number of ketones is 1. The van der Waals surface area contributed by atoms with E-state index >= 15 is 0 Å². The average molecular weight is 331 g/mol. The highest BCUT2D eigenvalue weighted by molar-refractivity contribution is 6.25. The summed E-state index contributed by atoms with van der Waals surface area (Å²) in [5, 5.41) is 21.4. The van der Waals surface area contributed by atoms with Gasteiger partial charge in [0.15, 0.2) is 11.9 Å². The van der Waals surface area contributed by atoms with Gasteiger partial charge in [-0.2, -0.15) is 0 Å². The Morgan fingerprint density at radius 2 is 1.67 bits per heavy atom. The summed E-state index contributed by atoms with van der Waals surface area (Å²) in [7, 11) is 0. The van der Waals surface area contributed by atoms with Crippen molar-refractivity contribution in [3.63, 3.8) is 0 Å². The topological polar surface area (TPSA) is 104 Å². The van der Waals surface area contributed by atoms with Crippen molar-refractivity contribution in [2.75, 3.05) is 0 Å². The van der Waals surface area contributed by atoms with Crippen molar-refractivity contribution in [3.05, 3.63) is 59.2 Å². The molecule has 6 nitrogen and oxygen atoms in total. The Kier molecular flexibility index (Phi) is 7.07. The van der Waals surface area contributed by atoms with E-state index in [0.717, 1.165) is 0 Å². The van der Waals surface area contributed by atoms with E-state index in [1.54, 1.807) is 57.2 Å². The van der Waals surface area contributed by atoms with Crippen LogP contribution in [0.15, 0.2) is 53.6 Å². The van der Waals surface area contributed by atoms with Crippen molar-refractivity contribution in [2.24, 2.45) is 0 Å². The maximum atomic E-state index is 12.4. The molecular weight excluding hydrogens is 310 g/mol. The van der Waals surface area contributed by atoms with E-state index in [-0.39, 0.29) is 5.57 Å². The minimum Gasteiger partial charge on any atom is -0.479 e. The second-order valence-electron chi connectivity index (χ2n) is 5.15. The van der Waals surface area contributed by atoms with E-state index in [1.165, 1.54) is 6.08 Å². The Hall–Kier alpha value is -2.73. The number of aliphatic hydroxyl groups is 1. The third-order valence-corrected chi connectivity index (χ3v) is 3.58. The van der Waals surface area contributed by atoms with Crippen LogP contribution in [0.3, 0.4) is 0 Å². The first-order chi connectivity index (χ1) is 11.3. The Balaban J connectivity index is 3.12. The van der Waals surface area contributed by atoms with Crippen molar-refractivity contribution in [1.29, 1.82) is 0 Å². The summed E-state index contributed by atoms with van der Waals surface area (Å²) < 4.78 is 0. The minimum atomic E-state index is -1.84. The number of carbonyl (C=O) groups excluding carboxylic acids is 2. The molecule has 0 saturated heterocycles. The largest absolute Gasteiger partial charge is 0.479 e.